The van der Waals surface area contributed by atoms with Crippen molar-refractivity contribution in [1.29, 1.82) is 0 Å². The highest BCUT2D eigenvalue weighted by atomic mass is 16.3. The third-order valence-corrected chi connectivity index (χ3v) is 4.27. The molecule has 0 saturated carbocycles. The number of nitrogens with zero attached hydrogens (tertiary/aromatic N) is 1. The number of fused-ring (bicyclic) bond motifs is 1. The molecule has 1 aromatic heterocycles. The van der Waals surface area contributed by atoms with Gasteiger partial charge in [0.25, 0.3) is 0 Å². The molecule has 0 bridgehead atoms. The number of benzene rings is 1. The van der Waals surface area contributed by atoms with E-state index < -0.39 is 0 Å². The minimum absolute atomic E-state index is 0.0700. The average Bonchev–Trinajstić information content (AvgIpc) is 2.90. The van der Waals surface area contributed by atoms with E-state index in [1.165, 1.54) is 0 Å². The maximum atomic E-state index is 12.6. The van der Waals surface area contributed by atoms with Crippen LogP contribution in [-0.4, -0.2) is 35.3 Å². The summed E-state index contributed by atoms with van der Waals surface area (Å²) in [6.45, 7) is 12.3. The molecule has 136 valence electrons. The van der Waals surface area contributed by atoms with Crippen molar-refractivity contribution in [1.82, 2.24) is 10.2 Å². The number of carbonyl (C=O) groups is 2. The number of amides is 2. The molecule has 1 N–H and O–H groups in total. The summed E-state index contributed by atoms with van der Waals surface area (Å²) in [5.41, 5.74) is 3.63. The van der Waals surface area contributed by atoms with Gasteiger partial charge in [-0.2, -0.15) is 0 Å². The summed E-state index contributed by atoms with van der Waals surface area (Å²) >= 11 is 0. The molecule has 0 aliphatic heterocycles. The standard InChI is InChI=1S/C20H28N2O3/c1-7-22(11-17(23)21-20(4,5)6)18(24)10-15-12-25-19-14(3)13(2)8-9-16(15)19/h8-9,12H,7,10-11H2,1-6H3,(H,21,23). The fourth-order valence-corrected chi connectivity index (χ4v) is 2.81. The summed E-state index contributed by atoms with van der Waals surface area (Å²) in [4.78, 5) is 26.3. The van der Waals surface area contributed by atoms with Gasteiger partial charge in [-0.25, -0.2) is 0 Å². The molecule has 2 aromatic rings. The van der Waals surface area contributed by atoms with Gasteiger partial charge in [-0.1, -0.05) is 12.1 Å². The van der Waals surface area contributed by atoms with Crippen LogP contribution in [0.3, 0.4) is 0 Å². The zero-order chi connectivity index (χ0) is 18.8. The van der Waals surface area contributed by atoms with Gasteiger partial charge in [0.05, 0.1) is 19.2 Å². The van der Waals surface area contributed by atoms with Crippen LogP contribution < -0.4 is 5.32 Å². The van der Waals surface area contributed by atoms with Crippen molar-refractivity contribution < 1.29 is 14.0 Å². The highest BCUT2D eigenvalue weighted by Gasteiger charge is 2.21. The van der Waals surface area contributed by atoms with E-state index in [0.717, 1.165) is 27.7 Å². The van der Waals surface area contributed by atoms with Crippen molar-refractivity contribution in [3.63, 3.8) is 0 Å². The zero-order valence-electron chi connectivity index (χ0n) is 16.0. The minimum atomic E-state index is -0.310. The van der Waals surface area contributed by atoms with Crippen molar-refractivity contribution in [2.45, 2.75) is 53.5 Å². The predicted molar refractivity (Wildman–Crippen MR) is 99.5 cm³/mol. The molecule has 2 rings (SSSR count). The lowest BCUT2D eigenvalue weighted by Crippen LogP contribution is -2.47. The molecule has 0 unspecified atom stereocenters. The summed E-state index contributed by atoms with van der Waals surface area (Å²) in [5, 5.41) is 3.85. The van der Waals surface area contributed by atoms with Crippen LogP contribution in [-0.2, 0) is 16.0 Å². The Labute approximate surface area is 149 Å². The molecule has 5 nitrogen and oxygen atoms in total. The van der Waals surface area contributed by atoms with Gasteiger partial charge in [0.1, 0.15) is 5.58 Å². The SMILES string of the molecule is CCN(CC(=O)NC(C)(C)C)C(=O)Cc1coc2c(C)c(C)ccc12. The highest BCUT2D eigenvalue weighted by Crippen LogP contribution is 2.27. The van der Waals surface area contributed by atoms with Crippen LogP contribution in [0.15, 0.2) is 22.8 Å². The first-order chi connectivity index (χ1) is 11.6. The number of furan rings is 1. The Morgan fingerprint density at radius 1 is 1.20 bits per heavy atom. The lowest BCUT2D eigenvalue weighted by atomic mass is 10.0. The van der Waals surface area contributed by atoms with Gasteiger partial charge in [-0.3, -0.25) is 9.59 Å². The first kappa shape index (κ1) is 19.0. The van der Waals surface area contributed by atoms with Crippen molar-refractivity contribution in [3.8, 4) is 0 Å². The van der Waals surface area contributed by atoms with E-state index in [-0.39, 0.29) is 30.3 Å². The Morgan fingerprint density at radius 3 is 2.48 bits per heavy atom. The maximum absolute atomic E-state index is 12.6. The highest BCUT2D eigenvalue weighted by molar-refractivity contribution is 5.91. The second kappa shape index (κ2) is 7.30. The smallest absolute Gasteiger partial charge is 0.240 e. The maximum Gasteiger partial charge on any atom is 0.240 e. The Morgan fingerprint density at radius 2 is 1.88 bits per heavy atom. The Balaban J connectivity index is 2.12. The van der Waals surface area contributed by atoms with Gasteiger partial charge in [-0.05, 0) is 52.7 Å². The van der Waals surface area contributed by atoms with Crippen molar-refractivity contribution in [2.75, 3.05) is 13.1 Å². The van der Waals surface area contributed by atoms with Gasteiger partial charge in [-0.15, -0.1) is 0 Å². The molecule has 0 aliphatic carbocycles. The van der Waals surface area contributed by atoms with Crippen LogP contribution in [0.5, 0.6) is 0 Å². The second-order valence-electron chi connectivity index (χ2n) is 7.53. The fourth-order valence-electron chi connectivity index (χ4n) is 2.81. The molecule has 0 spiro atoms. The van der Waals surface area contributed by atoms with Gasteiger partial charge < -0.3 is 14.6 Å². The van der Waals surface area contributed by atoms with Crippen molar-refractivity contribution in [2.24, 2.45) is 0 Å². The van der Waals surface area contributed by atoms with Crippen LogP contribution in [0, 0.1) is 13.8 Å². The van der Waals surface area contributed by atoms with Gasteiger partial charge in [0.2, 0.25) is 11.8 Å². The number of likely N-dealkylation sites (N-methyl/N-ethyl adjacent to an activating group) is 1. The molecule has 0 radical (unpaired) electrons. The molecular formula is C20H28N2O3. The summed E-state index contributed by atoms with van der Waals surface area (Å²) in [7, 11) is 0. The van der Waals surface area contributed by atoms with E-state index >= 15 is 0 Å². The first-order valence-corrected chi connectivity index (χ1v) is 8.67. The van der Waals surface area contributed by atoms with Crippen LogP contribution in [0.4, 0.5) is 0 Å². The third kappa shape index (κ3) is 4.62. The normalized spacial score (nSPS) is 11.6. The van der Waals surface area contributed by atoms with Crippen LogP contribution in [0.1, 0.15) is 44.4 Å². The quantitative estimate of drug-likeness (QED) is 0.905. The lowest BCUT2D eigenvalue weighted by Gasteiger charge is -2.25. The van der Waals surface area contributed by atoms with Crippen LogP contribution in [0.25, 0.3) is 11.0 Å². The minimum Gasteiger partial charge on any atom is -0.464 e. The van der Waals surface area contributed by atoms with E-state index in [1.807, 2.05) is 53.7 Å². The lowest BCUT2D eigenvalue weighted by molar-refractivity contribution is -0.135. The van der Waals surface area contributed by atoms with Crippen molar-refractivity contribution in [3.05, 3.63) is 35.1 Å². The number of carbonyl (C=O) groups excluding carboxylic acids is 2. The summed E-state index contributed by atoms with van der Waals surface area (Å²) in [6.07, 6.45) is 1.88. The number of hydrogen-bond donors (Lipinski definition) is 1. The third-order valence-electron chi connectivity index (χ3n) is 4.27. The van der Waals surface area contributed by atoms with E-state index in [9.17, 15) is 9.59 Å². The summed E-state index contributed by atoms with van der Waals surface area (Å²) in [6, 6.07) is 4.03. The van der Waals surface area contributed by atoms with E-state index in [2.05, 4.69) is 5.32 Å². The fraction of sp³-hybridized carbons (Fsp3) is 0.500. The second-order valence-corrected chi connectivity index (χ2v) is 7.53. The Hall–Kier alpha value is -2.30. The van der Waals surface area contributed by atoms with Crippen molar-refractivity contribution >= 4 is 22.8 Å². The first-order valence-electron chi connectivity index (χ1n) is 8.67. The molecule has 1 aromatic carbocycles. The molecule has 0 fully saturated rings. The molecule has 2 amide bonds. The molecule has 1 heterocycles. The molecule has 5 heteroatoms. The van der Waals surface area contributed by atoms with E-state index in [4.69, 9.17) is 4.42 Å². The van der Waals surface area contributed by atoms with Gasteiger partial charge >= 0.3 is 0 Å². The van der Waals surface area contributed by atoms with Crippen LogP contribution >= 0.6 is 0 Å². The van der Waals surface area contributed by atoms with E-state index in [1.54, 1.807) is 11.2 Å². The molecule has 25 heavy (non-hydrogen) atoms. The number of hydrogen-bond acceptors (Lipinski definition) is 3. The molecule has 0 aliphatic rings. The summed E-state index contributed by atoms with van der Waals surface area (Å²) < 4.78 is 5.67. The molecular weight excluding hydrogens is 316 g/mol. The van der Waals surface area contributed by atoms with Gasteiger partial charge in [0.15, 0.2) is 0 Å². The Bertz CT molecular complexity index is 784. The number of rotatable bonds is 5. The molecule has 0 saturated heterocycles. The largest absolute Gasteiger partial charge is 0.464 e. The molecule has 0 atom stereocenters. The van der Waals surface area contributed by atoms with Crippen LogP contribution in [0.2, 0.25) is 0 Å². The topological polar surface area (TPSA) is 62.6 Å². The van der Waals surface area contributed by atoms with Gasteiger partial charge in [0, 0.05) is 23.0 Å². The monoisotopic (exact) mass is 344 g/mol. The Kier molecular flexibility index (Phi) is 5.55. The predicted octanol–water partition coefficient (Wildman–Crippen LogP) is 3.36. The number of aryl methyl sites for hydroxylation is 2. The number of nitrogens with one attached hydrogen (secondary N) is 1. The van der Waals surface area contributed by atoms with E-state index in [0.29, 0.717) is 6.54 Å². The zero-order valence-corrected chi connectivity index (χ0v) is 16.0. The summed E-state index contributed by atoms with van der Waals surface area (Å²) in [5.74, 6) is -0.223. The average molecular weight is 344 g/mol.